The summed E-state index contributed by atoms with van der Waals surface area (Å²) in [6.07, 6.45) is -8.04. The van der Waals surface area contributed by atoms with Crippen molar-refractivity contribution in [1.29, 1.82) is 0 Å². The topological polar surface area (TPSA) is 257 Å². The van der Waals surface area contributed by atoms with Crippen molar-refractivity contribution in [3.63, 3.8) is 0 Å². The van der Waals surface area contributed by atoms with E-state index >= 15 is 0 Å². The zero-order valence-electron chi connectivity index (χ0n) is 24.5. The normalized spacial score (nSPS) is 23.3. The van der Waals surface area contributed by atoms with Crippen molar-refractivity contribution >= 4 is 35.8 Å². The van der Waals surface area contributed by atoms with Crippen LogP contribution < -0.4 is 5.32 Å². The Morgan fingerprint density at radius 3 is 2.09 bits per heavy atom. The van der Waals surface area contributed by atoms with E-state index in [4.69, 9.17) is 43.4 Å². The molecule has 0 aromatic heterocycles. The van der Waals surface area contributed by atoms with E-state index in [9.17, 15) is 33.9 Å². The fourth-order valence-corrected chi connectivity index (χ4v) is 3.81. The molecule has 0 spiro atoms. The monoisotopic (exact) mass is 620 g/mol. The summed E-state index contributed by atoms with van der Waals surface area (Å²) in [5.74, 6) is -5.86. The average Bonchev–Trinajstić information content (AvgIpc) is 2.88. The third-order valence-corrected chi connectivity index (χ3v) is 5.45. The number of ether oxygens (including phenoxy) is 8. The summed E-state index contributed by atoms with van der Waals surface area (Å²) in [4.78, 5) is 74.5. The lowest BCUT2D eigenvalue weighted by Gasteiger charge is -2.46. The molecule has 43 heavy (non-hydrogen) atoms. The molecule has 0 aromatic rings. The molecular weight excluding hydrogens is 584 g/mol. The molecule has 1 saturated heterocycles. The zero-order chi connectivity index (χ0) is 32.7. The standard InChI is InChI=1S/C24H36N4O15/c1-12(29)27-18-20(40-15(4)32)19(39-14(3)31)17(11-38-13(2)30)41-21(18)42-23(24(6,22(34)35)43-16(5)33)37-10-9-36-8-7-26-28-25/h17-21,23H,7-11H2,1-6H3,(H,27,29)(H,34,35)/t17-,18-,19-,20-,21+,23-,24?/m1/s1. The van der Waals surface area contributed by atoms with Crippen LogP contribution in [0.3, 0.4) is 0 Å². The number of hydrogen-bond acceptors (Lipinski definition) is 15. The van der Waals surface area contributed by atoms with Crippen molar-refractivity contribution in [2.45, 2.75) is 84.1 Å². The predicted octanol–water partition coefficient (Wildman–Crippen LogP) is -0.265. The van der Waals surface area contributed by atoms with Crippen molar-refractivity contribution in [2.24, 2.45) is 5.11 Å². The number of rotatable bonds is 17. The molecule has 1 aliphatic rings. The summed E-state index contributed by atoms with van der Waals surface area (Å²) in [5, 5.41) is 15.7. The van der Waals surface area contributed by atoms with E-state index in [1.54, 1.807) is 0 Å². The number of amides is 1. The van der Waals surface area contributed by atoms with Gasteiger partial charge in [0.25, 0.3) is 5.60 Å². The number of carboxylic acids is 1. The molecule has 1 heterocycles. The fraction of sp³-hybridized carbons (Fsp3) is 0.750. The van der Waals surface area contributed by atoms with Gasteiger partial charge in [-0.3, -0.25) is 24.0 Å². The lowest BCUT2D eigenvalue weighted by Crippen LogP contribution is -2.68. The quantitative estimate of drug-likeness (QED) is 0.0403. The van der Waals surface area contributed by atoms with Crippen molar-refractivity contribution in [3.05, 3.63) is 10.4 Å². The molecule has 1 rings (SSSR count). The van der Waals surface area contributed by atoms with Crippen molar-refractivity contribution < 1.29 is 71.8 Å². The highest BCUT2D eigenvalue weighted by molar-refractivity contribution is 5.81. The van der Waals surface area contributed by atoms with Gasteiger partial charge in [-0.25, -0.2) is 4.79 Å². The van der Waals surface area contributed by atoms with Crippen LogP contribution in [-0.4, -0.2) is 116 Å². The summed E-state index contributed by atoms with van der Waals surface area (Å²) in [5.41, 5.74) is 5.82. The molecule has 2 N–H and O–H groups in total. The van der Waals surface area contributed by atoms with Crippen LogP contribution >= 0.6 is 0 Å². The molecule has 7 atom stereocenters. The Labute approximate surface area is 245 Å². The maximum Gasteiger partial charge on any atom is 0.353 e. The lowest BCUT2D eigenvalue weighted by molar-refractivity contribution is -0.339. The second kappa shape index (κ2) is 17.8. The van der Waals surface area contributed by atoms with Gasteiger partial charge in [-0.1, -0.05) is 5.11 Å². The van der Waals surface area contributed by atoms with Crippen molar-refractivity contribution in [3.8, 4) is 0 Å². The molecule has 1 amide bonds. The Morgan fingerprint density at radius 2 is 1.58 bits per heavy atom. The van der Waals surface area contributed by atoms with Gasteiger partial charge in [0, 0.05) is 46.1 Å². The highest BCUT2D eigenvalue weighted by Crippen LogP contribution is 2.31. The molecule has 0 radical (unpaired) electrons. The first-order valence-corrected chi connectivity index (χ1v) is 12.8. The first-order chi connectivity index (χ1) is 20.1. The van der Waals surface area contributed by atoms with Crippen LogP contribution in [0.1, 0.15) is 41.5 Å². The van der Waals surface area contributed by atoms with Crippen LogP contribution in [0.25, 0.3) is 10.4 Å². The summed E-state index contributed by atoms with van der Waals surface area (Å²) in [6, 6.07) is -1.47. The number of aliphatic carboxylic acids is 1. The summed E-state index contributed by atoms with van der Waals surface area (Å²) in [6.45, 7) is 5.18. The third kappa shape index (κ3) is 12.4. The molecule has 0 aliphatic carbocycles. The van der Waals surface area contributed by atoms with Gasteiger partial charge < -0.3 is 48.3 Å². The van der Waals surface area contributed by atoms with Crippen LogP contribution in [-0.2, 0) is 66.7 Å². The second-order valence-corrected chi connectivity index (χ2v) is 9.13. The Morgan fingerprint density at radius 1 is 0.953 bits per heavy atom. The van der Waals surface area contributed by atoms with E-state index in [1.165, 1.54) is 0 Å². The molecule has 1 unspecified atom stereocenters. The largest absolute Gasteiger partial charge is 0.478 e. The molecule has 1 aliphatic heterocycles. The van der Waals surface area contributed by atoms with Gasteiger partial charge >= 0.3 is 29.8 Å². The van der Waals surface area contributed by atoms with Gasteiger partial charge in [0.1, 0.15) is 18.8 Å². The first-order valence-electron chi connectivity index (χ1n) is 12.8. The molecule has 242 valence electrons. The van der Waals surface area contributed by atoms with E-state index in [0.29, 0.717) is 0 Å². The van der Waals surface area contributed by atoms with Crippen LogP contribution in [0.2, 0.25) is 0 Å². The minimum atomic E-state index is -2.52. The number of hydrogen-bond donors (Lipinski definition) is 2. The lowest BCUT2D eigenvalue weighted by atomic mass is 9.95. The van der Waals surface area contributed by atoms with E-state index in [0.717, 1.165) is 41.5 Å². The zero-order valence-corrected chi connectivity index (χ0v) is 24.5. The molecule has 0 bridgehead atoms. The molecule has 19 nitrogen and oxygen atoms in total. The number of nitrogens with one attached hydrogen (secondary N) is 1. The number of carboxylic acid groups (broad SMARTS) is 1. The van der Waals surface area contributed by atoms with Crippen LogP contribution in [0, 0.1) is 0 Å². The second-order valence-electron chi connectivity index (χ2n) is 9.13. The van der Waals surface area contributed by atoms with Gasteiger partial charge in [-0.15, -0.1) is 0 Å². The maximum absolute atomic E-state index is 12.3. The Balaban J connectivity index is 3.55. The number of nitrogens with zero attached hydrogens (tertiary/aromatic N) is 3. The van der Waals surface area contributed by atoms with Crippen molar-refractivity contribution in [1.82, 2.24) is 5.32 Å². The van der Waals surface area contributed by atoms with Gasteiger partial charge in [0.05, 0.1) is 19.8 Å². The highest BCUT2D eigenvalue weighted by atomic mass is 16.8. The number of azide groups is 1. The smallest absolute Gasteiger partial charge is 0.353 e. The van der Waals surface area contributed by atoms with Gasteiger partial charge in [-0.2, -0.15) is 0 Å². The van der Waals surface area contributed by atoms with E-state index in [1.807, 2.05) is 0 Å². The van der Waals surface area contributed by atoms with E-state index < -0.39 is 84.9 Å². The van der Waals surface area contributed by atoms with Crippen LogP contribution in [0.5, 0.6) is 0 Å². The molecule has 19 heteroatoms. The van der Waals surface area contributed by atoms with Crippen molar-refractivity contribution in [2.75, 3.05) is 33.0 Å². The summed E-state index contributed by atoms with van der Waals surface area (Å²) in [7, 11) is 0. The minimum Gasteiger partial charge on any atom is -0.478 e. The fourth-order valence-electron chi connectivity index (χ4n) is 3.81. The first kappa shape index (κ1) is 37.0. The van der Waals surface area contributed by atoms with E-state index in [2.05, 4.69) is 15.3 Å². The third-order valence-electron chi connectivity index (χ3n) is 5.45. The molecule has 0 saturated carbocycles. The summed E-state index contributed by atoms with van der Waals surface area (Å²) < 4.78 is 43.3. The molecule has 1 fully saturated rings. The number of esters is 4. The highest BCUT2D eigenvalue weighted by Gasteiger charge is 2.55. The number of carbonyl (C=O) groups excluding carboxylic acids is 5. The SMILES string of the molecule is CC(=O)N[C@H]1[C@H](O[C@@H](OCCOCCN=[N+]=[N-])C(C)(OC(C)=O)C(=O)O)O[C@H](COC(C)=O)[C@@H](OC(C)=O)[C@@H]1OC(C)=O. The van der Waals surface area contributed by atoms with E-state index in [-0.39, 0.29) is 26.4 Å². The summed E-state index contributed by atoms with van der Waals surface area (Å²) >= 11 is 0. The maximum atomic E-state index is 12.3. The molecule has 0 aromatic carbocycles. The predicted molar refractivity (Wildman–Crippen MR) is 137 cm³/mol. The average molecular weight is 621 g/mol. The van der Waals surface area contributed by atoms with Crippen LogP contribution in [0.4, 0.5) is 0 Å². The Hall–Kier alpha value is -4.03. The van der Waals surface area contributed by atoms with Gasteiger partial charge in [0.2, 0.25) is 12.2 Å². The Bertz CT molecular complexity index is 1070. The molecular formula is C24H36N4O15. The van der Waals surface area contributed by atoms with Gasteiger partial charge in [0.15, 0.2) is 18.5 Å². The number of carbonyl (C=O) groups is 6. The Kier molecular flexibility index (Phi) is 15.3. The minimum absolute atomic E-state index is 0.00879. The van der Waals surface area contributed by atoms with Crippen LogP contribution in [0.15, 0.2) is 5.11 Å². The van der Waals surface area contributed by atoms with Gasteiger partial charge in [-0.05, 0) is 12.5 Å².